The fourth-order valence-electron chi connectivity index (χ4n) is 1.07. The Morgan fingerprint density at radius 2 is 2.45 bits per heavy atom. The highest BCUT2D eigenvalue weighted by Gasteiger charge is 2.41. The Balaban J connectivity index is 2.31. The van der Waals surface area contributed by atoms with Gasteiger partial charge in [-0.3, -0.25) is 4.79 Å². The topological polar surface area (TPSA) is 26.3 Å². The molecule has 0 unspecified atom stereocenters. The fraction of sp³-hybridized carbons (Fsp3) is 0.444. The number of carbonyl (C=O) groups excluding carboxylic acids is 1. The summed E-state index contributed by atoms with van der Waals surface area (Å²) >= 11 is 0. The van der Waals surface area contributed by atoms with Gasteiger partial charge in [-0.25, -0.2) is 0 Å². The average molecular weight is 152 g/mol. The molecule has 0 aromatic rings. The molecule has 11 heavy (non-hydrogen) atoms. The Bertz CT molecular complexity index is 194. The van der Waals surface area contributed by atoms with Crippen LogP contribution >= 0.6 is 0 Å². The first-order valence-electron chi connectivity index (χ1n) is 3.66. The number of rotatable bonds is 3. The van der Waals surface area contributed by atoms with Crippen LogP contribution in [0.4, 0.5) is 0 Å². The van der Waals surface area contributed by atoms with Gasteiger partial charge in [-0.1, -0.05) is 24.8 Å². The van der Waals surface area contributed by atoms with E-state index in [1.807, 2.05) is 12.2 Å². The van der Waals surface area contributed by atoms with Crippen molar-refractivity contribution in [1.82, 2.24) is 0 Å². The third-order valence-corrected chi connectivity index (χ3v) is 1.84. The second-order valence-electron chi connectivity index (χ2n) is 2.65. The lowest BCUT2D eigenvalue weighted by Gasteiger charge is -1.92. The highest BCUT2D eigenvalue weighted by molar-refractivity contribution is 5.76. The molecule has 2 heteroatoms. The summed E-state index contributed by atoms with van der Waals surface area (Å²) < 4.78 is 4.59. The molecule has 2 nitrogen and oxygen atoms in total. The number of allylic oxidation sites excluding steroid dienone is 3. The number of methoxy groups -OCH3 is 1. The normalized spacial score (nSPS) is 28.5. The second-order valence-corrected chi connectivity index (χ2v) is 2.65. The minimum Gasteiger partial charge on any atom is -0.469 e. The van der Waals surface area contributed by atoms with E-state index < -0.39 is 0 Å². The fourth-order valence-corrected chi connectivity index (χ4v) is 1.07. The molecule has 0 aliphatic heterocycles. The molecule has 2 atom stereocenters. The van der Waals surface area contributed by atoms with Gasteiger partial charge in [0.1, 0.15) is 0 Å². The van der Waals surface area contributed by atoms with Crippen molar-refractivity contribution in [3.63, 3.8) is 0 Å². The van der Waals surface area contributed by atoms with E-state index in [0.717, 1.165) is 6.42 Å². The van der Waals surface area contributed by atoms with E-state index in [4.69, 9.17) is 0 Å². The molecule has 0 heterocycles. The van der Waals surface area contributed by atoms with Crippen LogP contribution in [-0.2, 0) is 9.53 Å². The van der Waals surface area contributed by atoms with Gasteiger partial charge in [-0.2, -0.15) is 0 Å². The molecule has 1 fully saturated rings. The van der Waals surface area contributed by atoms with Crippen molar-refractivity contribution in [3.05, 3.63) is 24.8 Å². The Labute approximate surface area is 66.5 Å². The third kappa shape index (κ3) is 1.93. The maximum absolute atomic E-state index is 10.9. The first-order valence-corrected chi connectivity index (χ1v) is 3.66. The van der Waals surface area contributed by atoms with Crippen LogP contribution < -0.4 is 0 Å². The molecule has 1 aliphatic carbocycles. The summed E-state index contributed by atoms with van der Waals surface area (Å²) in [6, 6.07) is 0. The lowest BCUT2D eigenvalue weighted by molar-refractivity contribution is -0.142. The molecular formula is C9H12O2. The highest BCUT2D eigenvalue weighted by Crippen LogP contribution is 2.40. The molecule has 0 bridgehead atoms. The van der Waals surface area contributed by atoms with Crippen LogP contribution in [0.5, 0.6) is 0 Å². The lowest BCUT2D eigenvalue weighted by atomic mass is 10.3. The Morgan fingerprint density at radius 3 is 3.00 bits per heavy atom. The van der Waals surface area contributed by atoms with Crippen molar-refractivity contribution in [2.24, 2.45) is 11.8 Å². The second kappa shape index (κ2) is 3.37. The van der Waals surface area contributed by atoms with Crippen molar-refractivity contribution in [3.8, 4) is 0 Å². The van der Waals surface area contributed by atoms with E-state index in [0.29, 0.717) is 5.92 Å². The van der Waals surface area contributed by atoms with E-state index in [1.54, 1.807) is 6.08 Å². The quantitative estimate of drug-likeness (QED) is 0.453. The first kappa shape index (κ1) is 8.05. The summed E-state index contributed by atoms with van der Waals surface area (Å²) in [4.78, 5) is 10.9. The zero-order chi connectivity index (χ0) is 8.27. The molecule has 0 amide bonds. The minimum atomic E-state index is -0.0938. The molecule has 0 saturated heterocycles. The number of esters is 1. The summed E-state index contributed by atoms with van der Waals surface area (Å²) in [5, 5.41) is 0. The molecule has 0 radical (unpaired) electrons. The third-order valence-electron chi connectivity index (χ3n) is 1.84. The van der Waals surface area contributed by atoms with Crippen LogP contribution in [0.2, 0.25) is 0 Å². The van der Waals surface area contributed by atoms with Crippen LogP contribution in [0, 0.1) is 11.8 Å². The number of hydrogen-bond acceptors (Lipinski definition) is 2. The molecular weight excluding hydrogens is 140 g/mol. The van der Waals surface area contributed by atoms with Crippen LogP contribution in [0.15, 0.2) is 24.8 Å². The molecule has 1 saturated carbocycles. The van der Waals surface area contributed by atoms with Gasteiger partial charge in [-0.05, 0) is 12.3 Å². The van der Waals surface area contributed by atoms with Gasteiger partial charge in [-0.15, -0.1) is 0 Å². The summed E-state index contributed by atoms with van der Waals surface area (Å²) in [6.07, 6.45) is 6.51. The summed E-state index contributed by atoms with van der Waals surface area (Å²) in [7, 11) is 1.43. The van der Waals surface area contributed by atoms with Crippen molar-refractivity contribution in [1.29, 1.82) is 0 Å². The zero-order valence-electron chi connectivity index (χ0n) is 6.62. The molecule has 60 valence electrons. The van der Waals surface area contributed by atoms with E-state index in [2.05, 4.69) is 11.3 Å². The first-order chi connectivity index (χ1) is 5.29. The lowest BCUT2D eigenvalue weighted by Crippen LogP contribution is -2.03. The monoisotopic (exact) mass is 152 g/mol. The minimum absolute atomic E-state index is 0.0938. The van der Waals surface area contributed by atoms with Crippen LogP contribution in [0.3, 0.4) is 0 Å². The predicted octanol–water partition coefficient (Wildman–Crippen LogP) is 1.54. The number of ether oxygens (including phenoxy) is 1. The molecule has 0 aromatic carbocycles. The van der Waals surface area contributed by atoms with Gasteiger partial charge in [0.2, 0.25) is 0 Å². The van der Waals surface area contributed by atoms with E-state index in [-0.39, 0.29) is 11.9 Å². The summed E-state index contributed by atoms with van der Waals surface area (Å²) in [5.74, 6) is 0.403. The SMILES string of the molecule is C=C/C=C/[C@@H]1C[C@H]1C(=O)OC. The predicted molar refractivity (Wildman–Crippen MR) is 43.0 cm³/mol. The van der Waals surface area contributed by atoms with Crippen molar-refractivity contribution >= 4 is 5.97 Å². The van der Waals surface area contributed by atoms with Gasteiger partial charge in [0, 0.05) is 0 Å². The molecule has 1 rings (SSSR count). The summed E-state index contributed by atoms with van der Waals surface area (Å²) in [6.45, 7) is 3.55. The smallest absolute Gasteiger partial charge is 0.309 e. The Morgan fingerprint density at radius 1 is 1.73 bits per heavy atom. The Kier molecular flexibility index (Phi) is 2.47. The molecule has 0 N–H and O–H groups in total. The van der Waals surface area contributed by atoms with Crippen molar-refractivity contribution in [2.45, 2.75) is 6.42 Å². The standard InChI is InChI=1S/C9H12O2/c1-3-4-5-7-6-8(7)9(10)11-2/h3-5,7-8H,1,6H2,2H3/b5-4+/t7-,8-/m1/s1. The highest BCUT2D eigenvalue weighted by atomic mass is 16.5. The number of hydrogen-bond donors (Lipinski definition) is 0. The van der Waals surface area contributed by atoms with Crippen LogP contribution in [0.1, 0.15) is 6.42 Å². The maximum Gasteiger partial charge on any atom is 0.309 e. The van der Waals surface area contributed by atoms with Crippen LogP contribution in [0.25, 0.3) is 0 Å². The van der Waals surface area contributed by atoms with Gasteiger partial charge >= 0.3 is 5.97 Å². The van der Waals surface area contributed by atoms with Gasteiger partial charge in [0.05, 0.1) is 13.0 Å². The largest absolute Gasteiger partial charge is 0.469 e. The van der Waals surface area contributed by atoms with E-state index in [1.165, 1.54) is 7.11 Å². The van der Waals surface area contributed by atoms with Crippen molar-refractivity contribution in [2.75, 3.05) is 7.11 Å². The van der Waals surface area contributed by atoms with Crippen molar-refractivity contribution < 1.29 is 9.53 Å². The van der Waals surface area contributed by atoms with E-state index in [9.17, 15) is 4.79 Å². The number of carbonyl (C=O) groups is 1. The zero-order valence-corrected chi connectivity index (χ0v) is 6.62. The van der Waals surface area contributed by atoms with Gasteiger partial charge in [0.15, 0.2) is 0 Å². The van der Waals surface area contributed by atoms with Crippen LogP contribution in [-0.4, -0.2) is 13.1 Å². The van der Waals surface area contributed by atoms with E-state index >= 15 is 0 Å². The Hall–Kier alpha value is -1.05. The molecule has 1 aliphatic rings. The molecule has 0 spiro atoms. The van der Waals surface area contributed by atoms with Gasteiger partial charge < -0.3 is 4.74 Å². The average Bonchev–Trinajstić information content (AvgIpc) is 2.78. The van der Waals surface area contributed by atoms with Gasteiger partial charge in [0.25, 0.3) is 0 Å². The maximum atomic E-state index is 10.9. The molecule has 0 aromatic heterocycles. The summed E-state index contributed by atoms with van der Waals surface area (Å²) in [5.41, 5.74) is 0.